The van der Waals surface area contributed by atoms with Crippen LogP contribution >= 0.6 is 0 Å². The van der Waals surface area contributed by atoms with E-state index in [1.807, 2.05) is 6.92 Å². The maximum absolute atomic E-state index is 10.6. The highest BCUT2D eigenvalue weighted by Gasteiger charge is 2.04. The van der Waals surface area contributed by atoms with Crippen LogP contribution in [0.4, 0.5) is 0 Å². The van der Waals surface area contributed by atoms with Gasteiger partial charge in [0.1, 0.15) is 12.2 Å². The fourth-order valence-electron chi connectivity index (χ4n) is 1.30. The van der Waals surface area contributed by atoms with Gasteiger partial charge >= 0.3 is 5.97 Å². The van der Waals surface area contributed by atoms with Gasteiger partial charge in [0.15, 0.2) is 0 Å². The average molecular weight is 203 g/mol. The Morgan fingerprint density at radius 1 is 1.33 bits per heavy atom. The molecule has 76 valence electrons. The Balaban J connectivity index is 2.40. The molecule has 0 aliphatic carbocycles. The molecule has 5 nitrogen and oxygen atoms in total. The maximum Gasteiger partial charge on any atom is 0.335 e. The molecule has 0 spiro atoms. The van der Waals surface area contributed by atoms with E-state index in [1.165, 1.54) is 6.33 Å². The summed E-state index contributed by atoms with van der Waals surface area (Å²) in [7, 11) is 0. The number of aryl methyl sites for hydroxylation is 1. The number of hydrogen-bond donors (Lipinski definition) is 1. The van der Waals surface area contributed by atoms with E-state index in [0.29, 0.717) is 0 Å². The minimum absolute atomic E-state index is 0.261. The summed E-state index contributed by atoms with van der Waals surface area (Å²) in [6, 6.07) is 6.48. The fraction of sp³-hybridized carbons (Fsp3) is 0.100. The van der Waals surface area contributed by atoms with Crippen LogP contribution in [0.25, 0.3) is 5.69 Å². The van der Waals surface area contributed by atoms with Gasteiger partial charge in [0.2, 0.25) is 0 Å². The standard InChI is InChI=1S/C10H9N3O2/c1-7-11-6-12-13(7)9-4-2-8(3-5-9)10(14)15/h2-6H,1H3,(H,14,15). The second-order valence-corrected chi connectivity index (χ2v) is 3.07. The first-order valence-corrected chi connectivity index (χ1v) is 4.39. The van der Waals surface area contributed by atoms with Crippen LogP contribution in [0, 0.1) is 6.92 Å². The van der Waals surface area contributed by atoms with Gasteiger partial charge in [0.25, 0.3) is 0 Å². The lowest BCUT2D eigenvalue weighted by molar-refractivity contribution is 0.0697. The Labute approximate surface area is 86.0 Å². The Hall–Kier alpha value is -2.17. The summed E-state index contributed by atoms with van der Waals surface area (Å²) in [5.74, 6) is -0.171. The van der Waals surface area contributed by atoms with E-state index in [4.69, 9.17) is 5.11 Å². The topological polar surface area (TPSA) is 68.0 Å². The van der Waals surface area contributed by atoms with Gasteiger partial charge in [0.05, 0.1) is 11.3 Å². The zero-order chi connectivity index (χ0) is 10.8. The summed E-state index contributed by atoms with van der Waals surface area (Å²) in [6.45, 7) is 1.83. The molecule has 0 saturated carbocycles. The number of nitrogens with zero attached hydrogens (tertiary/aromatic N) is 3. The SMILES string of the molecule is Cc1ncnn1-c1ccc(C(=O)O)cc1. The molecule has 2 rings (SSSR count). The molecule has 1 N–H and O–H groups in total. The number of benzene rings is 1. The molecule has 0 bridgehead atoms. The zero-order valence-electron chi connectivity index (χ0n) is 8.08. The third kappa shape index (κ3) is 1.71. The highest BCUT2D eigenvalue weighted by atomic mass is 16.4. The number of carboxylic acids is 1. The minimum atomic E-state index is -0.933. The van der Waals surface area contributed by atoms with Crippen LogP contribution in [-0.4, -0.2) is 25.8 Å². The van der Waals surface area contributed by atoms with Crippen molar-refractivity contribution in [1.82, 2.24) is 14.8 Å². The lowest BCUT2D eigenvalue weighted by Gasteiger charge is -2.02. The largest absolute Gasteiger partial charge is 0.478 e. The van der Waals surface area contributed by atoms with Gasteiger partial charge in [-0.25, -0.2) is 14.5 Å². The summed E-state index contributed by atoms with van der Waals surface area (Å²) in [6.07, 6.45) is 1.46. The average Bonchev–Trinajstić information content (AvgIpc) is 2.65. The van der Waals surface area contributed by atoms with E-state index in [1.54, 1.807) is 28.9 Å². The molecule has 0 radical (unpaired) electrons. The first-order valence-electron chi connectivity index (χ1n) is 4.39. The molecule has 1 heterocycles. The van der Waals surface area contributed by atoms with Crippen molar-refractivity contribution in [3.8, 4) is 5.69 Å². The van der Waals surface area contributed by atoms with Gasteiger partial charge in [-0.05, 0) is 31.2 Å². The van der Waals surface area contributed by atoms with E-state index in [0.717, 1.165) is 11.5 Å². The molecular weight excluding hydrogens is 194 g/mol. The number of rotatable bonds is 2. The Bertz CT molecular complexity index is 488. The smallest absolute Gasteiger partial charge is 0.335 e. The maximum atomic E-state index is 10.6. The lowest BCUT2D eigenvalue weighted by Crippen LogP contribution is -2.01. The molecule has 5 heteroatoms. The Morgan fingerprint density at radius 2 is 2.00 bits per heavy atom. The number of hydrogen-bond acceptors (Lipinski definition) is 3. The van der Waals surface area contributed by atoms with E-state index < -0.39 is 5.97 Å². The molecule has 15 heavy (non-hydrogen) atoms. The van der Waals surface area contributed by atoms with Crippen molar-refractivity contribution in [1.29, 1.82) is 0 Å². The van der Waals surface area contributed by atoms with Crippen molar-refractivity contribution in [3.63, 3.8) is 0 Å². The van der Waals surface area contributed by atoms with Crippen molar-refractivity contribution < 1.29 is 9.90 Å². The molecule has 1 aromatic carbocycles. The summed E-state index contributed by atoms with van der Waals surface area (Å²) in [5.41, 5.74) is 1.06. The number of aromatic nitrogens is 3. The van der Waals surface area contributed by atoms with Crippen molar-refractivity contribution in [3.05, 3.63) is 42.0 Å². The van der Waals surface area contributed by atoms with Crippen molar-refractivity contribution in [2.75, 3.05) is 0 Å². The van der Waals surface area contributed by atoms with Gasteiger partial charge in [-0.2, -0.15) is 5.10 Å². The Morgan fingerprint density at radius 3 is 2.47 bits per heavy atom. The van der Waals surface area contributed by atoms with E-state index >= 15 is 0 Å². The monoisotopic (exact) mass is 203 g/mol. The van der Waals surface area contributed by atoms with Crippen LogP contribution in [0.1, 0.15) is 16.2 Å². The van der Waals surface area contributed by atoms with Crippen LogP contribution in [0.5, 0.6) is 0 Å². The first kappa shape index (κ1) is 9.39. The second kappa shape index (κ2) is 3.53. The van der Waals surface area contributed by atoms with Gasteiger partial charge in [0, 0.05) is 0 Å². The summed E-state index contributed by atoms with van der Waals surface area (Å²) in [5, 5.41) is 12.7. The van der Waals surface area contributed by atoms with E-state index in [2.05, 4.69) is 10.1 Å². The molecule has 0 aliphatic rings. The fourth-order valence-corrected chi connectivity index (χ4v) is 1.30. The van der Waals surface area contributed by atoms with E-state index in [9.17, 15) is 4.79 Å². The van der Waals surface area contributed by atoms with Crippen LogP contribution in [0.15, 0.2) is 30.6 Å². The molecule has 0 amide bonds. The van der Waals surface area contributed by atoms with Crippen LogP contribution < -0.4 is 0 Å². The zero-order valence-corrected chi connectivity index (χ0v) is 8.08. The van der Waals surface area contributed by atoms with Gasteiger partial charge in [-0.1, -0.05) is 0 Å². The number of carboxylic acid groups (broad SMARTS) is 1. The van der Waals surface area contributed by atoms with Gasteiger partial charge in [-0.3, -0.25) is 0 Å². The third-order valence-electron chi connectivity index (χ3n) is 2.08. The summed E-state index contributed by atoms with van der Waals surface area (Å²) >= 11 is 0. The van der Waals surface area contributed by atoms with Crippen LogP contribution in [0.3, 0.4) is 0 Å². The van der Waals surface area contributed by atoms with E-state index in [-0.39, 0.29) is 5.56 Å². The van der Waals surface area contributed by atoms with Gasteiger partial charge in [-0.15, -0.1) is 0 Å². The minimum Gasteiger partial charge on any atom is -0.478 e. The van der Waals surface area contributed by atoms with Crippen molar-refractivity contribution in [2.45, 2.75) is 6.92 Å². The molecular formula is C10H9N3O2. The molecule has 0 unspecified atom stereocenters. The molecule has 0 saturated heterocycles. The normalized spacial score (nSPS) is 10.2. The number of carbonyl (C=O) groups is 1. The number of aromatic carboxylic acids is 1. The molecule has 2 aromatic rings. The highest BCUT2D eigenvalue weighted by Crippen LogP contribution is 2.09. The molecule has 0 atom stereocenters. The first-order chi connectivity index (χ1) is 7.18. The predicted octanol–water partition coefficient (Wildman–Crippen LogP) is 1.27. The van der Waals surface area contributed by atoms with Crippen LogP contribution in [0.2, 0.25) is 0 Å². The Kier molecular flexibility index (Phi) is 2.21. The molecule has 0 aliphatic heterocycles. The summed E-state index contributed by atoms with van der Waals surface area (Å²) < 4.78 is 1.64. The molecule has 0 fully saturated rings. The summed E-state index contributed by atoms with van der Waals surface area (Å²) in [4.78, 5) is 14.6. The molecule has 1 aromatic heterocycles. The quantitative estimate of drug-likeness (QED) is 0.798. The van der Waals surface area contributed by atoms with Crippen molar-refractivity contribution in [2.24, 2.45) is 0 Å². The highest BCUT2D eigenvalue weighted by molar-refractivity contribution is 5.87. The van der Waals surface area contributed by atoms with Crippen LogP contribution in [-0.2, 0) is 0 Å². The third-order valence-corrected chi connectivity index (χ3v) is 2.08. The lowest BCUT2D eigenvalue weighted by atomic mass is 10.2. The van der Waals surface area contributed by atoms with Gasteiger partial charge < -0.3 is 5.11 Å². The van der Waals surface area contributed by atoms with Crippen molar-refractivity contribution >= 4 is 5.97 Å². The second-order valence-electron chi connectivity index (χ2n) is 3.07. The predicted molar refractivity (Wildman–Crippen MR) is 53.1 cm³/mol.